The van der Waals surface area contributed by atoms with Crippen LogP contribution < -0.4 is 4.74 Å². The summed E-state index contributed by atoms with van der Waals surface area (Å²) in [6.45, 7) is 0. The number of fused-ring (bicyclic) bond motifs is 3. The van der Waals surface area contributed by atoms with Crippen molar-refractivity contribution in [2.45, 2.75) is 0 Å². The van der Waals surface area contributed by atoms with Crippen molar-refractivity contribution in [3.63, 3.8) is 0 Å². The maximum Gasteiger partial charge on any atom is 0.219 e. The van der Waals surface area contributed by atoms with Gasteiger partial charge in [0.1, 0.15) is 5.75 Å². The number of rotatable bonds is 3. The standard InChI is InChI=1S/C28H18N2O/c1-2-8-20-17-21(13-12-19(20)7-1)27-22-9-3-4-10-23(22)28(24-14-16-29-18-25(24)27)31-26-11-5-6-15-30-26/h1-18H. The highest BCUT2D eigenvalue weighted by molar-refractivity contribution is 6.17. The van der Waals surface area contributed by atoms with Gasteiger partial charge in [-0.3, -0.25) is 4.98 Å². The van der Waals surface area contributed by atoms with Crippen molar-refractivity contribution >= 4 is 32.3 Å². The molecule has 0 atom stereocenters. The van der Waals surface area contributed by atoms with Gasteiger partial charge in [-0.15, -0.1) is 0 Å². The van der Waals surface area contributed by atoms with Crippen LogP contribution in [-0.4, -0.2) is 9.97 Å². The Morgan fingerprint density at radius 3 is 2.23 bits per heavy atom. The van der Waals surface area contributed by atoms with Crippen LogP contribution in [0.15, 0.2) is 110 Å². The Kier molecular flexibility index (Phi) is 4.10. The number of pyridine rings is 2. The normalized spacial score (nSPS) is 11.2. The van der Waals surface area contributed by atoms with Crippen LogP contribution >= 0.6 is 0 Å². The van der Waals surface area contributed by atoms with Crippen molar-refractivity contribution in [2.24, 2.45) is 0 Å². The zero-order valence-electron chi connectivity index (χ0n) is 16.7. The summed E-state index contributed by atoms with van der Waals surface area (Å²) >= 11 is 0. The summed E-state index contributed by atoms with van der Waals surface area (Å²) in [6.07, 6.45) is 5.48. The molecule has 0 N–H and O–H groups in total. The fraction of sp³-hybridized carbons (Fsp3) is 0. The lowest BCUT2D eigenvalue weighted by atomic mass is 9.91. The van der Waals surface area contributed by atoms with Gasteiger partial charge in [-0.25, -0.2) is 4.98 Å². The SMILES string of the molecule is c1ccc(Oc2c3ccccc3c(-c3ccc4ccccc4c3)c3cnccc23)nc1. The van der Waals surface area contributed by atoms with E-state index in [4.69, 9.17) is 4.74 Å². The average molecular weight is 398 g/mol. The van der Waals surface area contributed by atoms with E-state index in [1.807, 2.05) is 42.7 Å². The van der Waals surface area contributed by atoms with Crippen molar-refractivity contribution in [1.29, 1.82) is 0 Å². The zero-order valence-corrected chi connectivity index (χ0v) is 16.7. The van der Waals surface area contributed by atoms with E-state index in [1.54, 1.807) is 6.20 Å². The molecule has 3 heteroatoms. The molecule has 2 heterocycles. The fourth-order valence-corrected chi connectivity index (χ4v) is 4.26. The Hall–Kier alpha value is -4.24. The second kappa shape index (κ2) is 7.22. The molecule has 0 spiro atoms. The van der Waals surface area contributed by atoms with Gasteiger partial charge in [0.2, 0.25) is 5.88 Å². The molecule has 0 aliphatic carbocycles. The topological polar surface area (TPSA) is 35.0 Å². The van der Waals surface area contributed by atoms with Crippen molar-refractivity contribution in [1.82, 2.24) is 9.97 Å². The molecule has 0 saturated heterocycles. The second-order valence-electron chi connectivity index (χ2n) is 7.50. The van der Waals surface area contributed by atoms with Crippen molar-refractivity contribution < 1.29 is 4.74 Å². The summed E-state index contributed by atoms with van der Waals surface area (Å²) in [6, 6.07) is 31.1. The van der Waals surface area contributed by atoms with Gasteiger partial charge in [-0.05, 0) is 45.5 Å². The first-order valence-corrected chi connectivity index (χ1v) is 10.2. The highest BCUT2D eigenvalue weighted by Gasteiger charge is 2.17. The molecule has 0 saturated carbocycles. The third-order valence-electron chi connectivity index (χ3n) is 5.66. The number of benzene rings is 4. The molecule has 0 aliphatic rings. The van der Waals surface area contributed by atoms with Gasteiger partial charge in [0.25, 0.3) is 0 Å². The molecule has 2 aromatic heterocycles. The number of nitrogens with zero attached hydrogens (tertiary/aromatic N) is 2. The molecule has 0 unspecified atom stereocenters. The summed E-state index contributed by atoms with van der Waals surface area (Å²) < 4.78 is 6.33. The van der Waals surface area contributed by atoms with Crippen LogP contribution in [0.25, 0.3) is 43.4 Å². The number of hydrogen-bond acceptors (Lipinski definition) is 3. The summed E-state index contributed by atoms with van der Waals surface area (Å²) in [5.74, 6) is 1.38. The van der Waals surface area contributed by atoms with Crippen LogP contribution in [0.2, 0.25) is 0 Å². The first-order valence-electron chi connectivity index (χ1n) is 10.2. The first-order chi connectivity index (χ1) is 15.4. The molecule has 4 aromatic carbocycles. The Morgan fingerprint density at radius 1 is 0.581 bits per heavy atom. The predicted octanol–water partition coefficient (Wildman–Crippen LogP) is 7.40. The van der Waals surface area contributed by atoms with E-state index in [2.05, 4.69) is 70.6 Å². The largest absolute Gasteiger partial charge is 0.438 e. The van der Waals surface area contributed by atoms with E-state index in [1.165, 1.54) is 10.8 Å². The van der Waals surface area contributed by atoms with E-state index in [0.29, 0.717) is 5.88 Å². The highest BCUT2D eigenvalue weighted by Crippen LogP contribution is 2.44. The Labute approximate surface area is 179 Å². The lowest BCUT2D eigenvalue weighted by Gasteiger charge is -2.17. The molecule has 3 nitrogen and oxygen atoms in total. The van der Waals surface area contributed by atoms with Crippen LogP contribution in [0.4, 0.5) is 0 Å². The van der Waals surface area contributed by atoms with E-state index < -0.39 is 0 Å². The fourth-order valence-electron chi connectivity index (χ4n) is 4.26. The van der Waals surface area contributed by atoms with Gasteiger partial charge >= 0.3 is 0 Å². The summed E-state index contributed by atoms with van der Waals surface area (Å²) in [4.78, 5) is 8.81. The minimum Gasteiger partial charge on any atom is -0.438 e. The van der Waals surface area contributed by atoms with Crippen LogP contribution in [0.3, 0.4) is 0 Å². The minimum atomic E-state index is 0.573. The number of aromatic nitrogens is 2. The van der Waals surface area contributed by atoms with Gasteiger partial charge in [0.05, 0.1) is 0 Å². The predicted molar refractivity (Wildman–Crippen MR) is 127 cm³/mol. The van der Waals surface area contributed by atoms with Gasteiger partial charge in [0.15, 0.2) is 0 Å². The second-order valence-corrected chi connectivity index (χ2v) is 7.50. The number of ether oxygens (including phenoxy) is 1. The molecular formula is C28H18N2O. The molecule has 6 rings (SSSR count). The molecule has 0 amide bonds. The minimum absolute atomic E-state index is 0.573. The van der Waals surface area contributed by atoms with Crippen molar-refractivity contribution in [3.8, 4) is 22.8 Å². The van der Waals surface area contributed by atoms with E-state index >= 15 is 0 Å². The average Bonchev–Trinajstić information content (AvgIpc) is 2.84. The van der Waals surface area contributed by atoms with Crippen LogP contribution in [0, 0.1) is 0 Å². The Morgan fingerprint density at radius 2 is 1.35 bits per heavy atom. The lowest BCUT2D eigenvalue weighted by molar-refractivity contribution is 0.473. The van der Waals surface area contributed by atoms with Crippen LogP contribution in [0.5, 0.6) is 11.6 Å². The van der Waals surface area contributed by atoms with E-state index in [9.17, 15) is 0 Å². The molecule has 0 aliphatic heterocycles. The Balaban J connectivity index is 1.69. The maximum atomic E-state index is 6.33. The van der Waals surface area contributed by atoms with Gasteiger partial charge in [-0.2, -0.15) is 0 Å². The lowest BCUT2D eigenvalue weighted by Crippen LogP contribution is -1.93. The molecule has 146 valence electrons. The van der Waals surface area contributed by atoms with Crippen LogP contribution in [-0.2, 0) is 0 Å². The van der Waals surface area contributed by atoms with Gasteiger partial charge in [0, 0.05) is 40.8 Å². The molecule has 0 fully saturated rings. The highest BCUT2D eigenvalue weighted by atomic mass is 16.5. The maximum absolute atomic E-state index is 6.33. The third-order valence-corrected chi connectivity index (χ3v) is 5.66. The molecule has 6 aromatic rings. The Bertz CT molecular complexity index is 1500. The molecule has 31 heavy (non-hydrogen) atoms. The number of hydrogen-bond donors (Lipinski definition) is 0. The first kappa shape index (κ1) is 17.6. The monoisotopic (exact) mass is 398 g/mol. The molecule has 0 radical (unpaired) electrons. The molecular weight excluding hydrogens is 380 g/mol. The van der Waals surface area contributed by atoms with Crippen molar-refractivity contribution in [2.75, 3.05) is 0 Å². The van der Waals surface area contributed by atoms with E-state index in [0.717, 1.165) is 38.4 Å². The van der Waals surface area contributed by atoms with Gasteiger partial charge in [-0.1, -0.05) is 66.7 Å². The van der Waals surface area contributed by atoms with E-state index in [-0.39, 0.29) is 0 Å². The van der Waals surface area contributed by atoms with Gasteiger partial charge < -0.3 is 4.74 Å². The summed E-state index contributed by atoms with van der Waals surface area (Å²) in [5, 5.41) is 6.70. The molecule has 0 bridgehead atoms. The quantitative estimate of drug-likeness (QED) is 0.291. The smallest absolute Gasteiger partial charge is 0.219 e. The summed E-state index contributed by atoms with van der Waals surface area (Å²) in [7, 11) is 0. The van der Waals surface area contributed by atoms with Crippen molar-refractivity contribution in [3.05, 3.63) is 110 Å². The summed E-state index contributed by atoms with van der Waals surface area (Å²) in [5.41, 5.74) is 2.33. The zero-order chi connectivity index (χ0) is 20.6. The third kappa shape index (κ3) is 2.99. The van der Waals surface area contributed by atoms with Crippen LogP contribution in [0.1, 0.15) is 0 Å².